The Balaban J connectivity index is 1.60. The lowest BCUT2D eigenvalue weighted by Crippen LogP contribution is -2.35. The van der Waals surface area contributed by atoms with E-state index < -0.39 is 10.0 Å². The maximum absolute atomic E-state index is 13.1. The van der Waals surface area contributed by atoms with Crippen molar-refractivity contribution in [2.45, 2.75) is 31.2 Å². The number of ether oxygens (including phenoxy) is 1. The van der Waals surface area contributed by atoms with Crippen molar-refractivity contribution in [3.05, 3.63) is 65.2 Å². The molecule has 1 aliphatic heterocycles. The van der Waals surface area contributed by atoms with Gasteiger partial charge < -0.3 is 9.64 Å². The smallest absolute Gasteiger partial charge is 0.263 e. The minimum absolute atomic E-state index is 0.0797. The zero-order valence-corrected chi connectivity index (χ0v) is 18.2. The van der Waals surface area contributed by atoms with Crippen LogP contribution in [-0.2, 0) is 16.4 Å². The van der Waals surface area contributed by atoms with Gasteiger partial charge in [-0.15, -0.1) is 11.3 Å². The van der Waals surface area contributed by atoms with E-state index in [0.717, 1.165) is 11.3 Å². The summed E-state index contributed by atoms with van der Waals surface area (Å²) >= 11 is 1.21. The Hall–Kier alpha value is -2.91. The first-order chi connectivity index (χ1) is 14.4. The van der Waals surface area contributed by atoms with Crippen LogP contribution in [0.5, 0.6) is 5.75 Å². The average molecular weight is 444 g/mol. The Morgan fingerprint density at radius 1 is 1.27 bits per heavy atom. The molecule has 1 N–H and O–H groups in total. The van der Waals surface area contributed by atoms with Gasteiger partial charge in [-0.1, -0.05) is 0 Å². The summed E-state index contributed by atoms with van der Waals surface area (Å²) in [6.45, 7) is 4.42. The van der Waals surface area contributed by atoms with Gasteiger partial charge in [0.05, 0.1) is 11.5 Å². The second-order valence-electron chi connectivity index (χ2n) is 6.92. The minimum atomic E-state index is -3.74. The average Bonchev–Trinajstić information content (AvgIpc) is 3.34. The highest BCUT2D eigenvalue weighted by atomic mass is 32.2. The number of benzene rings is 2. The summed E-state index contributed by atoms with van der Waals surface area (Å²) in [6, 6.07) is 11.8. The standard InChI is InChI=1S/C21H21N3O4S2/c1-3-28-17-6-4-15(5-7-17)20(25)24-14(2)12-16-13-18(8-9-19(16)24)30(26,27)23-21-22-10-11-29-21/h4-11,13-14H,3,12H2,1-2H3,(H,22,23)/t14-/m1/s1. The first kappa shape index (κ1) is 20.4. The molecular formula is C21H21N3O4S2. The molecule has 0 spiro atoms. The number of nitrogens with zero attached hydrogens (tertiary/aromatic N) is 2. The third-order valence-corrected chi connectivity index (χ3v) is 7.02. The fraction of sp³-hybridized carbons (Fsp3) is 0.238. The molecule has 30 heavy (non-hydrogen) atoms. The largest absolute Gasteiger partial charge is 0.494 e. The Morgan fingerprint density at radius 3 is 2.70 bits per heavy atom. The number of hydrogen-bond donors (Lipinski definition) is 1. The van der Waals surface area contributed by atoms with Crippen LogP contribution in [0.15, 0.2) is 58.9 Å². The molecule has 1 atom stereocenters. The molecule has 0 radical (unpaired) electrons. The van der Waals surface area contributed by atoms with E-state index >= 15 is 0 Å². The molecule has 0 aliphatic carbocycles. The number of anilines is 2. The quantitative estimate of drug-likeness (QED) is 0.624. The molecule has 4 rings (SSSR count). The van der Waals surface area contributed by atoms with E-state index in [1.165, 1.54) is 23.6 Å². The van der Waals surface area contributed by atoms with Gasteiger partial charge in [0.25, 0.3) is 15.9 Å². The van der Waals surface area contributed by atoms with Crippen molar-refractivity contribution in [3.8, 4) is 5.75 Å². The molecule has 3 aromatic rings. The van der Waals surface area contributed by atoms with E-state index in [9.17, 15) is 13.2 Å². The van der Waals surface area contributed by atoms with Gasteiger partial charge in [-0.05, 0) is 68.3 Å². The number of thiazole rings is 1. The van der Waals surface area contributed by atoms with Gasteiger partial charge in [0.1, 0.15) is 5.75 Å². The lowest BCUT2D eigenvalue weighted by atomic mass is 10.1. The summed E-state index contributed by atoms with van der Waals surface area (Å²) in [5.74, 6) is 0.590. The Bertz CT molecular complexity index is 1160. The van der Waals surface area contributed by atoms with Crippen molar-refractivity contribution in [2.24, 2.45) is 0 Å². The number of aromatic nitrogens is 1. The SMILES string of the molecule is CCOc1ccc(C(=O)N2c3ccc(S(=O)(=O)Nc4nccs4)cc3C[C@H]2C)cc1. The molecule has 1 aliphatic rings. The highest BCUT2D eigenvalue weighted by molar-refractivity contribution is 7.93. The van der Waals surface area contributed by atoms with Crippen LogP contribution in [0.25, 0.3) is 0 Å². The highest BCUT2D eigenvalue weighted by Crippen LogP contribution is 2.35. The Kier molecular flexibility index (Phi) is 5.48. The normalized spacial score (nSPS) is 15.7. The van der Waals surface area contributed by atoms with Crippen molar-refractivity contribution >= 4 is 38.1 Å². The van der Waals surface area contributed by atoms with Gasteiger partial charge in [0.2, 0.25) is 0 Å². The molecule has 2 aromatic carbocycles. The predicted molar refractivity (Wildman–Crippen MR) is 117 cm³/mol. The van der Waals surface area contributed by atoms with Crippen LogP contribution in [0, 0.1) is 0 Å². The van der Waals surface area contributed by atoms with E-state index in [-0.39, 0.29) is 16.8 Å². The first-order valence-corrected chi connectivity index (χ1v) is 11.9. The van der Waals surface area contributed by atoms with E-state index in [1.807, 2.05) is 13.8 Å². The zero-order chi connectivity index (χ0) is 21.3. The number of carbonyl (C=O) groups is 1. The van der Waals surface area contributed by atoms with Gasteiger partial charge >= 0.3 is 0 Å². The number of hydrogen-bond acceptors (Lipinski definition) is 6. The topological polar surface area (TPSA) is 88.6 Å². The van der Waals surface area contributed by atoms with Crippen LogP contribution >= 0.6 is 11.3 Å². The molecule has 156 valence electrons. The van der Waals surface area contributed by atoms with Crippen molar-refractivity contribution in [2.75, 3.05) is 16.2 Å². The summed E-state index contributed by atoms with van der Waals surface area (Å²) in [4.78, 5) is 19.0. The summed E-state index contributed by atoms with van der Waals surface area (Å²) in [6.07, 6.45) is 2.12. The van der Waals surface area contributed by atoms with Gasteiger partial charge in [0, 0.05) is 28.9 Å². The minimum Gasteiger partial charge on any atom is -0.494 e. The first-order valence-electron chi connectivity index (χ1n) is 9.50. The molecule has 0 bridgehead atoms. The van der Waals surface area contributed by atoms with E-state index in [0.29, 0.717) is 29.5 Å². The van der Waals surface area contributed by atoms with Crippen LogP contribution in [0.4, 0.5) is 10.8 Å². The second-order valence-corrected chi connectivity index (χ2v) is 9.50. The Labute approximate surface area is 179 Å². The third kappa shape index (κ3) is 3.90. The van der Waals surface area contributed by atoms with Crippen molar-refractivity contribution in [1.29, 1.82) is 0 Å². The van der Waals surface area contributed by atoms with Gasteiger partial charge in [-0.2, -0.15) is 0 Å². The molecule has 0 saturated heterocycles. The third-order valence-electron chi connectivity index (χ3n) is 4.86. The lowest BCUT2D eigenvalue weighted by Gasteiger charge is -2.23. The molecular weight excluding hydrogens is 422 g/mol. The van der Waals surface area contributed by atoms with Crippen LogP contribution in [0.1, 0.15) is 29.8 Å². The van der Waals surface area contributed by atoms with Gasteiger partial charge in [-0.3, -0.25) is 9.52 Å². The van der Waals surface area contributed by atoms with Crippen molar-refractivity contribution in [1.82, 2.24) is 4.98 Å². The molecule has 0 saturated carbocycles. The number of amides is 1. The summed E-state index contributed by atoms with van der Waals surface area (Å²) in [7, 11) is -3.74. The fourth-order valence-electron chi connectivity index (χ4n) is 3.53. The monoisotopic (exact) mass is 443 g/mol. The van der Waals surface area contributed by atoms with Crippen LogP contribution in [0.3, 0.4) is 0 Å². The van der Waals surface area contributed by atoms with E-state index in [2.05, 4.69) is 9.71 Å². The summed E-state index contributed by atoms with van der Waals surface area (Å²) in [5, 5.41) is 2.02. The number of fused-ring (bicyclic) bond motifs is 1. The van der Waals surface area contributed by atoms with Gasteiger partial charge in [-0.25, -0.2) is 13.4 Å². The summed E-state index contributed by atoms with van der Waals surface area (Å²) in [5.41, 5.74) is 2.11. The Morgan fingerprint density at radius 2 is 2.03 bits per heavy atom. The number of rotatable bonds is 6. The molecule has 1 aromatic heterocycles. The van der Waals surface area contributed by atoms with Gasteiger partial charge in [0.15, 0.2) is 5.13 Å². The van der Waals surface area contributed by atoms with Crippen LogP contribution in [-0.4, -0.2) is 32.0 Å². The van der Waals surface area contributed by atoms with E-state index in [4.69, 9.17) is 4.74 Å². The molecule has 0 unspecified atom stereocenters. The maximum atomic E-state index is 13.1. The predicted octanol–water partition coefficient (Wildman–Crippen LogP) is 3.93. The van der Waals surface area contributed by atoms with Crippen LogP contribution in [0.2, 0.25) is 0 Å². The summed E-state index contributed by atoms with van der Waals surface area (Å²) < 4.78 is 33.2. The second kappa shape index (κ2) is 8.08. The lowest BCUT2D eigenvalue weighted by molar-refractivity contribution is 0.0981. The highest BCUT2D eigenvalue weighted by Gasteiger charge is 2.32. The number of carbonyl (C=O) groups excluding carboxylic acids is 1. The molecule has 7 nitrogen and oxygen atoms in total. The van der Waals surface area contributed by atoms with Crippen molar-refractivity contribution in [3.63, 3.8) is 0 Å². The molecule has 2 heterocycles. The molecule has 9 heteroatoms. The van der Waals surface area contributed by atoms with E-state index in [1.54, 1.807) is 46.7 Å². The molecule has 1 amide bonds. The van der Waals surface area contributed by atoms with Crippen LogP contribution < -0.4 is 14.4 Å². The zero-order valence-electron chi connectivity index (χ0n) is 16.5. The fourth-order valence-corrected chi connectivity index (χ4v) is 5.37. The van der Waals surface area contributed by atoms with Crippen molar-refractivity contribution < 1.29 is 17.9 Å². The number of sulfonamides is 1. The molecule has 0 fully saturated rings. The number of nitrogens with one attached hydrogen (secondary N) is 1. The maximum Gasteiger partial charge on any atom is 0.263 e.